The Morgan fingerprint density at radius 3 is 2.37 bits per heavy atom. The van der Waals surface area contributed by atoms with Gasteiger partial charge in [0.15, 0.2) is 0 Å². The summed E-state index contributed by atoms with van der Waals surface area (Å²) in [5, 5.41) is 4.06. The number of pyridine rings is 1. The molecule has 0 spiro atoms. The third-order valence-electron chi connectivity index (χ3n) is 4.91. The van der Waals surface area contributed by atoms with Crippen LogP contribution < -0.4 is 5.09 Å². The Morgan fingerprint density at radius 1 is 0.900 bits per heavy atom. The Bertz CT molecular complexity index is 1150. The van der Waals surface area contributed by atoms with Crippen molar-refractivity contribution in [3.05, 3.63) is 114 Å². The molecule has 0 saturated carbocycles. The molecule has 0 fully saturated rings. The highest BCUT2D eigenvalue weighted by molar-refractivity contribution is 8.55. The zero-order valence-corrected chi connectivity index (χ0v) is 18.1. The van der Waals surface area contributed by atoms with Crippen molar-refractivity contribution in [3.8, 4) is 0 Å². The Labute approximate surface area is 180 Å². The second-order valence-electron chi connectivity index (χ2n) is 7.07. The molecule has 6 heteroatoms. The fourth-order valence-electron chi connectivity index (χ4n) is 3.45. The van der Waals surface area contributed by atoms with Gasteiger partial charge >= 0.3 is 6.72 Å². The van der Waals surface area contributed by atoms with Gasteiger partial charge in [0.1, 0.15) is 0 Å². The molecule has 2 atom stereocenters. The number of fused-ring (bicyclic) bond motifs is 1. The summed E-state index contributed by atoms with van der Waals surface area (Å²) in [7, 11) is 0. The zero-order chi connectivity index (χ0) is 20.8. The number of nitrogens with zero attached hydrogens (tertiary/aromatic N) is 1. The lowest BCUT2D eigenvalue weighted by molar-refractivity contribution is 0.467. The Balaban J connectivity index is 1.52. The van der Waals surface area contributed by atoms with Gasteiger partial charge in [-0.25, -0.2) is 5.09 Å². The molecule has 0 saturated heterocycles. The fraction of sp³-hybridized carbons (Fsp3) is 0.125. The summed E-state index contributed by atoms with van der Waals surface area (Å²) in [6.07, 6.45) is 2.38. The van der Waals surface area contributed by atoms with Crippen molar-refractivity contribution in [3.63, 3.8) is 0 Å². The molecule has 2 N–H and O–H groups in total. The van der Waals surface area contributed by atoms with E-state index in [2.05, 4.69) is 10.1 Å². The van der Waals surface area contributed by atoms with E-state index >= 15 is 0 Å². The summed E-state index contributed by atoms with van der Waals surface area (Å²) >= 11 is 1.04. The van der Waals surface area contributed by atoms with Gasteiger partial charge in [-0.05, 0) is 40.6 Å². The van der Waals surface area contributed by atoms with Gasteiger partial charge in [0.2, 0.25) is 0 Å². The molecule has 0 radical (unpaired) electrons. The predicted octanol–water partition coefficient (Wildman–Crippen LogP) is 6.14. The van der Waals surface area contributed by atoms with Crippen LogP contribution in [0.5, 0.6) is 0 Å². The number of aromatic nitrogens is 1. The van der Waals surface area contributed by atoms with E-state index in [-0.39, 0.29) is 6.04 Å². The molecule has 1 heterocycles. The highest BCUT2D eigenvalue weighted by Gasteiger charge is 2.25. The van der Waals surface area contributed by atoms with Crippen molar-refractivity contribution in [1.29, 1.82) is 0 Å². The standard InChI is InChI=1S/C24H23N2O2PS/c27-29(28,30-18-22-14-7-13-21-15-8-16-25-24(21)22)26-23(20-11-5-2-6-12-20)17-19-9-3-1-4-10-19/h1-16,23H,17-18H2,(H2,26,27,28). The third kappa shape index (κ3) is 5.38. The SMILES string of the molecule is O=P(O)(NC(Cc1ccccc1)c1ccccc1)SCc1cccc2cccnc12. The van der Waals surface area contributed by atoms with Gasteiger partial charge in [0.05, 0.1) is 5.52 Å². The van der Waals surface area contributed by atoms with Crippen molar-refractivity contribution < 1.29 is 9.46 Å². The van der Waals surface area contributed by atoms with Crippen LogP contribution in [-0.2, 0) is 16.7 Å². The van der Waals surface area contributed by atoms with Crippen LogP contribution in [0.4, 0.5) is 0 Å². The fourth-order valence-corrected chi connectivity index (χ4v) is 6.25. The van der Waals surface area contributed by atoms with Gasteiger partial charge in [-0.1, -0.05) is 84.9 Å². The maximum absolute atomic E-state index is 13.1. The molecule has 1 aromatic heterocycles. The van der Waals surface area contributed by atoms with E-state index in [1.54, 1.807) is 6.20 Å². The van der Waals surface area contributed by atoms with Crippen molar-refractivity contribution in [2.24, 2.45) is 0 Å². The summed E-state index contributed by atoms with van der Waals surface area (Å²) in [5.41, 5.74) is 3.93. The number of benzene rings is 3. The highest BCUT2D eigenvalue weighted by Crippen LogP contribution is 2.54. The molecule has 4 rings (SSSR count). The summed E-state index contributed by atoms with van der Waals surface area (Å²) in [4.78, 5) is 15.2. The first-order valence-electron chi connectivity index (χ1n) is 9.77. The van der Waals surface area contributed by atoms with Crippen molar-refractivity contribution in [1.82, 2.24) is 10.1 Å². The van der Waals surface area contributed by atoms with Gasteiger partial charge in [-0.3, -0.25) is 9.55 Å². The average molecular weight is 435 g/mol. The topological polar surface area (TPSA) is 62.2 Å². The van der Waals surface area contributed by atoms with Crippen molar-refractivity contribution in [2.75, 3.05) is 0 Å². The maximum Gasteiger partial charge on any atom is 0.324 e. The van der Waals surface area contributed by atoms with Crippen LogP contribution >= 0.6 is 18.1 Å². The molecule has 0 aliphatic heterocycles. The quantitative estimate of drug-likeness (QED) is 0.326. The van der Waals surface area contributed by atoms with E-state index in [1.165, 1.54) is 0 Å². The molecular formula is C24H23N2O2PS. The molecule has 0 aliphatic carbocycles. The van der Waals surface area contributed by atoms with Crippen LogP contribution in [0.15, 0.2) is 97.2 Å². The average Bonchev–Trinajstić information content (AvgIpc) is 2.78. The minimum atomic E-state index is -3.66. The number of nitrogens with one attached hydrogen (secondary N) is 1. The summed E-state index contributed by atoms with van der Waals surface area (Å²) in [6, 6.07) is 29.4. The summed E-state index contributed by atoms with van der Waals surface area (Å²) in [5.74, 6) is 0.405. The van der Waals surface area contributed by atoms with E-state index in [1.807, 2.05) is 91.0 Å². The number of para-hydroxylation sites is 1. The summed E-state index contributed by atoms with van der Waals surface area (Å²) in [6.45, 7) is -3.66. The first-order valence-corrected chi connectivity index (χ1v) is 13.0. The second kappa shape index (κ2) is 9.59. The Morgan fingerprint density at radius 2 is 1.60 bits per heavy atom. The number of hydrogen-bond donors (Lipinski definition) is 2. The van der Waals surface area contributed by atoms with Crippen LogP contribution in [0.3, 0.4) is 0 Å². The lowest BCUT2D eigenvalue weighted by Gasteiger charge is -2.23. The first kappa shape index (κ1) is 20.8. The van der Waals surface area contributed by atoms with Gasteiger partial charge < -0.3 is 4.89 Å². The van der Waals surface area contributed by atoms with E-state index in [0.717, 1.165) is 39.0 Å². The number of rotatable bonds is 8. The van der Waals surface area contributed by atoms with E-state index in [4.69, 9.17) is 0 Å². The van der Waals surface area contributed by atoms with Crippen LogP contribution in [0.1, 0.15) is 22.7 Å². The molecule has 4 aromatic rings. The van der Waals surface area contributed by atoms with Crippen LogP contribution in [-0.4, -0.2) is 9.88 Å². The zero-order valence-electron chi connectivity index (χ0n) is 16.4. The van der Waals surface area contributed by atoms with Crippen LogP contribution in [0.25, 0.3) is 10.9 Å². The molecule has 3 aromatic carbocycles. The smallest absolute Gasteiger partial charge is 0.324 e. The van der Waals surface area contributed by atoms with Crippen molar-refractivity contribution in [2.45, 2.75) is 18.2 Å². The molecule has 2 unspecified atom stereocenters. The second-order valence-corrected chi connectivity index (χ2v) is 11.2. The van der Waals surface area contributed by atoms with Crippen LogP contribution in [0, 0.1) is 0 Å². The molecular weight excluding hydrogens is 411 g/mol. The van der Waals surface area contributed by atoms with Gasteiger partial charge in [0, 0.05) is 23.4 Å². The van der Waals surface area contributed by atoms with E-state index in [0.29, 0.717) is 12.2 Å². The maximum atomic E-state index is 13.1. The Kier molecular flexibility index (Phi) is 6.66. The molecule has 0 bridgehead atoms. The number of hydrogen-bond acceptors (Lipinski definition) is 3. The third-order valence-corrected chi connectivity index (χ3v) is 8.10. The predicted molar refractivity (Wildman–Crippen MR) is 125 cm³/mol. The molecule has 0 amide bonds. The summed E-state index contributed by atoms with van der Waals surface area (Å²) < 4.78 is 13.1. The Hall–Kier alpha value is -2.43. The van der Waals surface area contributed by atoms with Gasteiger partial charge in [-0.15, -0.1) is 0 Å². The molecule has 30 heavy (non-hydrogen) atoms. The lowest BCUT2D eigenvalue weighted by Crippen LogP contribution is -2.19. The monoisotopic (exact) mass is 434 g/mol. The van der Waals surface area contributed by atoms with Gasteiger partial charge in [-0.2, -0.15) is 0 Å². The lowest BCUT2D eigenvalue weighted by atomic mass is 10.00. The first-order chi connectivity index (χ1) is 14.6. The minimum absolute atomic E-state index is 0.262. The van der Waals surface area contributed by atoms with E-state index in [9.17, 15) is 9.46 Å². The minimum Gasteiger partial charge on any atom is -0.326 e. The van der Waals surface area contributed by atoms with Crippen LogP contribution in [0.2, 0.25) is 0 Å². The largest absolute Gasteiger partial charge is 0.326 e. The highest BCUT2D eigenvalue weighted by atomic mass is 32.7. The van der Waals surface area contributed by atoms with Crippen molar-refractivity contribution >= 4 is 29.0 Å². The normalized spacial score (nSPS) is 14.3. The van der Waals surface area contributed by atoms with E-state index < -0.39 is 6.72 Å². The van der Waals surface area contributed by atoms with Gasteiger partial charge in [0.25, 0.3) is 0 Å². The molecule has 4 nitrogen and oxygen atoms in total. The molecule has 152 valence electrons. The molecule has 0 aliphatic rings.